The molecule has 2 aromatic carbocycles. The van der Waals surface area contributed by atoms with Crippen LogP contribution in [0.5, 0.6) is 23.1 Å². The highest BCUT2D eigenvalue weighted by molar-refractivity contribution is 8.18. The quantitative estimate of drug-likeness (QED) is 0.162. The minimum absolute atomic E-state index is 0.131. The third-order valence-electron chi connectivity index (χ3n) is 5.87. The van der Waals surface area contributed by atoms with Gasteiger partial charge in [0.05, 0.1) is 23.5 Å². The third kappa shape index (κ3) is 6.55. The molecule has 2 heterocycles. The summed E-state index contributed by atoms with van der Waals surface area (Å²) in [5.41, 5.74) is 2.61. The number of aromatic nitrogens is 1. The van der Waals surface area contributed by atoms with Gasteiger partial charge in [0.15, 0.2) is 11.5 Å². The minimum Gasteiger partial charge on any atom is -0.493 e. The van der Waals surface area contributed by atoms with Gasteiger partial charge in [-0.15, -0.1) is 0 Å². The van der Waals surface area contributed by atoms with E-state index in [4.69, 9.17) is 14.2 Å². The van der Waals surface area contributed by atoms with E-state index in [-0.39, 0.29) is 40.8 Å². The van der Waals surface area contributed by atoms with Crippen LogP contribution in [0.3, 0.4) is 0 Å². The van der Waals surface area contributed by atoms with Crippen LogP contribution in [0.4, 0.5) is 10.5 Å². The van der Waals surface area contributed by atoms with Crippen LogP contribution in [0.25, 0.3) is 6.08 Å². The molecule has 0 bridgehead atoms. The van der Waals surface area contributed by atoms with Gasteiger partial charge in [0.2, 0.25) is 5.88 Å². The van der Waals surface area contributed by atoms with Gasteiger partial charge in [0, 0.05) is 12.1 Å². The Bertz CT molecular complexity index is 1440. The van der Waals surface area contributed by atoms with Crippen molar-refractivity contribution >= 4 is 34.7 Å². The van der Waals surface area contributed by atoms with Gasteiger partial charge in [-0.1, -0.05) is 32.0 Å². The summed E-state index contributed by atoms with van der Waals surface area (Å²) in [6, 6.07) is 13.7. The van der Waals surface area contributed by atoms with Gasteiger partial charge in [0.1, 0.15) is 18.6 Å². The van der Waals surface area contributed by atoms with E-state index in [0.29, 0.717) is 17.1 Å². The van der Waals surface area contributed by atoms with Crippen molar-refractivity contribution in [2.24, 2.45) is 0 Å². The molecule has 202 valence electrons. The number of thioether (sulfide) groups is 1. The number of hydrogen-bond donors (Lipinski definition) is 0. The first-order valence-corrected chi connectivity index (χ1v) is 12.9. The van der Waals surface area contributed by atoms with E-state index in [1.54, 1.807) is 24.3 Å². The first kappa shape index (κ1) is 27.6. The Balaban J connectivity index is 1.43. The largest absolute Gasteiger partial charge is 0.493 e. The summed E-state index contributed by atoms with van der Waals surface area (Å²) >= 11 is 0.863. The van der Waals surface area contributed by atoms with Gasteiger partial charge in [-0.3, -0.25) is 24.6 Å². The monoisotopic (exact) mass is 549 g/mol. The molecular weight excluding hydrogens is 522 g/mol. The Morgan fingerprint density at radius 2 is 1.87 bits per heavy atom. The number of nitrogens with zero attached hydrogens (tertiary/aromatic N) is 3. The molecule has 0 aliphatic carbocycles. The first-order chi connectivity index (χ1) is 18.7. The summed E-state index contributed by atoms with van der Waals surface area (Å²) in [4.78, 5) is 41.2. The van der Waals surface area contributed by atoms with Gasteiger partial charge < -0.3 is 14.2 Å². The Kier molecular flexibility index (Phi) is 8.50. The molecule has 10 nitrogen and oxygen atoms in total. The zero-order valence-corrected chi connectivity index (χ0v) is 22.7. The molecule has 39 heavy (non-hydrogen) atoms. The van der Waals surface area contributed by atoms with Gasteiger partial charge in [-0.05, 0) is 65.6 Å². The number of carbonyl (C=O) groups excluding carboxylic acids is 2. The average molecular weight is 550 g/mol. The predicted octanol–water partition coefficient (Wildman–Crippen LogP) is 6.34. The molecule has 3 aromatic rings. The maximum Gasteiger partial charge on any atom is 0.293 e. The molecule has 0 radical (unpaired) electrons. The second kappa shape index (κ2) is 12.0. The number of pyridine rings is 1. The van der Waals surface area contributed by atoms with Crippen LogP contribution in [0.15, 0.2) is 59.6 Å². The summed E-state index contributed by atoms with van der Waals surface area (Å²) in [6.07, 6.45) is 2.71. The van der Waals surface area contributed by atoms with E-state index in [1.165, 1.54) is 24.1 Å². The molecule has 0 atom stereocenters. The van der Waals surface area contributed by atoms with Crippen molar-refractivity contribution in [2.45, 2.75) is 26.7 Å². The zero-order valence-electron chi connectivity index (χ0n) is 21.9. The maximum atomic E-state index is 13.0. The van der Waals surface area contributed by atoms with Crippen molar-refractivity contribution in [3.05, 3.63) is 86.4 Å². The molecular formula is C28H27N3O7S. The van der Waals surface area contributed by atoms with Gasteiger partial charge >= 0.3 is 0 Å². The number of amides is 2. The van der Waals surface area contributed by atoms with Gasteiger partial charge in [-0.25, -0.2) is 4.98 Å². The number of ether oxygens (including phenoxy) is 3. The summed E-state index contributed by atoms with van der Waals surface area (Å²) < 4.78 is 17.1. The van der Waals surface area contributed by atoms with E-state index in [9.17, 15) is 19.7 Å². The topological polar surface area (TPSA) is 121 Å². The molecule has 0 N–H and O–H groups in total. The Labute approximate surface area is 229 Å². The lowest BCUT2D eigenvalue weighted by Gasteiger charge is -2.17. The molecule has 1 aromatic heterocycles. The van der Waals surface area contributed by atoms with Crippen LogP contribution < -0.4 is 14.2 Å². The lowest BCUT2D eigenvalue weighted by molar-refractivity contribution is -0.385. The summed E-state index contributed by atoms with van der Waals surface area (Å²) in [5.74, 6) is 1.48. The highest BCUT2D eigenvalue weighted by atomic mass is 32.2. The second-order valence-electron chi connectivity index (χ2n) is 9.00. The van der Waals surface area contributed by atoms with Crippen molar-refractivity contribution < 1.29 is 28.7 Å². The van der Waals surface area contributed by atoms with Crippen molar-refractivity contribution in [1.82, 2.24) is 9.88 Å². The number of nitro groups is 1. The number of benzene rings is 2. The van der Waals surface area contributed by atoms with Crippen LogP contribution >= 0.6 is 11.8 Å². The van der Waals surface area contributed by atoms with Crippen molar-refractivity contribution in [1.29, 1.82) is 0 Å². The normalized spacial score (nSPS) is 14.3. The van der Waals surface area contributed by atoms with E-state index >= 15 is 0 Å². The smallest absolute Gasteiger partial charge is 0.293 e. The van der Waals surface area contributed by atoms with Crippen LogP contribution in [-0.4, -0.2) is 46.2 Å². The fraction of sp³-hybridized carbons (Fsp3) is 0.250. The molecule has 11 heteroatoms. The maximum absolute atomic E-state index is 13.0. The summed E-state index contributed by atoms with van der Waals surface area (Å²) in [6.45, 7) is 6.47. The molecule has 1 aliphatic rings. The lowest BCUT2D eigenvalue weighted by atomic mass is 10.0. The van der Waals surface area contributed by atoms with Crippen molar-refractivity contribution in [3.8, 4) is 23.1 Å². The van der Waals surface area contributed by atoms with Crippen LogP contribution in [0.1, 0.15) is 36.5 Å². The Morgan fingerprint density at radius 3 is 2.54 bits per heavy atom. The molecule has 1 saturated heterocycles. The molecule has 1 fully saturated rings. The standard InChI is InChI=1S/C28H27N3O7S/c1-17(2)21-8-5-18(3)13-23(21)37-12-11-30-27(32)25(39-28(30)33)15-19-6-9-22(24(14-19)36-4)38-26-10-7-20(16-29-26)31(34)35/h5-10,13-17H,11-12H2,1-4H3/b25-15-. The molecule has 4 rings (SSSR count). The summed E-state index contributed by atoms with van der Waals surface area (Å²) in [5, 5.41) is 10.5. The Hall–Kier alpha value is -4.38. The third-order valence-corrected chi connectivity index (χ3v) is 6.78. The first-order valence-electron chi connectivity index (χ1n) is 12.1. The molecule has 0 spiro atoms. The predicted molar refractivity (Wildman–Crippen MR) is 147 cm³/mol. The number of aryl methyl sites for hydroxylation is 1. The number of hydrogen-bond acceptors (Lipinski definition) is 9. The van der Waals surface area contributed by atoms with Crippen LogP contribution in [0.2, 0.25) is 0 Å². The minimum atomic E-state index is -0.548. The van der Waals surface area contributed by atoms with Crippen molar-refractivity contribution in [2.75, 3.05) is 20.3 Å². The number of imide groups is 1. The van der Waals surface area contributed by atoms with E-state index in [0.717, 1.165) is 34.8 Å². The van der Waals surface area contributed by atoms with Crippen molar-refractivity contribution in [3.63, 3.8) is 0 Å². The lowest BCUT2D eigenvalue weighted by Crippen LogP contribution is -2.32. The van der Waals surface area contributed by atoms with Gasteiger partial charge in [-0.2, -0.15) is 0 Å². The molecule has 0 saturated carbocycles. The number of methoxy groups -OCH3 is 1. The number of rotatable bonds is 10. The summed E-state index contributed by atoms with van der Waals surface area (Å²) in [7, 11) is 1.46. The SMILES string of the molecule is COc1cc(/C=C2\SC(=O)N(CCOc3cc(C)ccc3C(C)C)C2=O)ccc1Oc1ccc([N+](=O)[O-])cn1. The second-order valence-corrected chi connectivity index (χ2v) is 10.00. The molecule has 2 amide bonds. The van der Waals surface area contributed by atoms with Crippen LogP contribution in [-0.2, 0) is 4.79 Å². The number of carbonyl (C=O) groups is 2. The van der Waals surface area contributed by atoms with E-state index in [1.807, 2.05) is 25.1 Å². The fourth-order valence-corrected chi connectivity index (χ4v) is 4.71. The highest BCUT2D eigenvalue weighted by Gasteiger charge is 2.35. The average Bonchev–Trinajstić information content (AvgIpc) is 3.17. The highest BCUT2D eigenvalue weighted by Crippen LogP contribution is 2.36. The van der Waals surface area contributed by atoms with Crippen LogP contribution in [0, 0.1) is 17.0 Å². The molecule has 1 aliphatic heterocycles. The Morgan fingerprint density at radius 1 is 1.08 bits per heavy atom. The molecule has 0 unspecified atom stereocenters. The zero-order chi connectivity index (χ0) is 28.1. The van der Waals surface area contributed by atoms with E-state index < -0.39 is 10.8 Å². The fourth-order valence-electron chi connectivity index (χ4n) is 3.85. The van der Waals surface area contributed by atoms with Gasteiger partial charge in [0.25, 0.3) is 16.8 Å². The van der Waals surface area contributed by atoms with E-state index in [2.05, 4.69) is 18.8 Å².